The Hall–Kier alpha value is -0.570. The maximum absolute atomic E-state index is 10.4. The number of benzene rings is 1. The van der Waals surface area contributed by atoms with E-state index in [0.29, 0.717) is 5.57 Å². The Morgan fingerprint density at radius 2 is 1.85 bits per heavy atom. The first-order valence-corrected chi connectivity index (χ1v) is 3.67. The third-order valence-electron chi connectivity index (χ3n) is 1.52. The van der Waals surface area contributed by atoms with Gasteiger partial charge in [0, 0.05) is 5.57 Å². The van der Waals surface area contributed by atoms with Crippen molar-refractivity contribution in [2.24, 2.45) is 0 Å². The van der Waals surface area contributed by atoms with Gasteiger partial charge < -0.3 is 5.11 Å². The summed E-state index contributed by atoms with van der Waals surface area (Å²) in [6.45, 7) is 1.58. The van der Waals surface area contributed by atoms with E-state index in [1.807, 2.05) is 30.3 Å². The molecule has 0 atom stereocenters. The predicted molar refractivity (Wildman–Crippen MR) is 54.9 cm³/mol. The summed E-state index contributed by atoms with van der Waals surface area (Å²) < 4.78 is 0. The van der Waals surface area contributed by atoms with E-state index in [-0.39, 0.29) is 29.6 Å². The molecule has 0 aliphatic rings. The first-order chi connectivity index (χ1) is 5.70. The van der Waals surface area contributed by atoms with Gasteiger partial charge in [-0.3, -0.25) is 0 Å². The van der Waals surface area contributed by atoms with E-state index in [1.165, 1.54) is 0 Å². The average Bonchev–Trinajstić information content (AvgIpc) is 2.06. The fourth-order valence-corrected chi connectivity index (χ4v) is 0.861. The van der Waals surface area contributed by atoms with Crippen molar-refractivity contribution in [3.8, 4) is 0 Å². The molecule has 2 nitrogen and oxygen atoms in total. The average molecular weight is 186 g/mol. The molecule has 1 rings (SSSR count). The third kappa shape index (κ3) is 4.27. The molecule has 0 heterocycles. The van der Waals surface area contributed by atoms with Crippen molar-refractivity contribution in [1.29, 1.82) is 0 Å². The number of carboxylic acids is 1. The molecule has 64 valence electrons. The topological polar surface area (TPSA) is 37.3 Å². The van der Waals surface area contributed by atoms with Crippen molar-refractivity contribution in [3.05, 3.63) is 41.5 Å². The van der Waals surface area contributed by atoms with Crippen molar-refractivity contribution in [2.75, 3.05) is 0 Å². The Morgan fingerprint density at radius 3 is 2.31 bits per heavy atom. The molecule has 13 heavy (non-hydrogen) atoms. The van der Waals surface area contributed by atoms with E-state index in [1.54, 1.807) is 13.0 Å². The van der Waals surface area contributed by atoms with Gasteiger partial charge in [-0.15, -0.1) is 0 Å². The van der Waals surface area contributed by atoms with Crippen LogP contribution in [-0.2, 0) is 4.79 Å². The van der Waals surface area contributed by atoms with Crippen LogP contribution in [0.15, 0.2) is 35.9 Å². The first-order valence-electron chi connectivity index (χ1n) is 3.67. The number of carbonyl (C=O) groups is 1. The van der Waals surface area contributed by atoms with Crippen LogP contribution in [0.25, 0.3) is 6.08 Å². The van der Waals surface area contributed by atoms with Crippen LogP contribution in [0.1, 0.15) is 12.5 Å². The zero-order valence-electron chi connectivity index (χ0n) is 6.82. The fraction of sp³-hybridized carbons (Fsp3) is 0.100. The molecule has 0 fully saturated rings. The summed E-state index contributed by atoms with van der Waals surface area (Å²) in [5, 5.41) is 8.58. The number of rotatable bonds is 2. The number of hydrogen-bond donors (Lipinski definition) is 1. The molecule has 0 saturated heterocycles. The standard InChI is InChI=1S/C10H10O2.Na.H/c1-8(10(11)12)7-9-5-3-2-4-6-9;;/h2-7H,1H3,(H,11,12);;/b8-7+;;. The van der Waals surface area contributed by atoms with Gasteiger partial charge in [0.2, 0.25) is 0 Å². The molecule has 1 aromatic carbocycles. The summed E-state index contributed by atoms with van der Waals surface area (Å²) in [6.07, 6.45) is 1.64. The van der Waals surface area contributed by atoms with Crippen molar-refractivity contribution >= 4 is 41.6 Å². The summed E-state index contributed by atoms with van der Waals surface area (Å²) >= 11 is 0. The SMILES string of the molecule is C/C(=C\c1ccccc1)C(=O)O.[NaH]. The van der Waals surface area contributed by atoms with Gasteiger partial charge in [0.25, 0.3) is 0 Å². The van der Waals surface area contributed by atoms with Gasteiger partial charge in [-0.05, 0) is 18.6 Å². The molecule has 0 radical (unpaired) electrons. The second-order valence-electron chi connectivity index (χ2n) is 2.54. The van der Waals surface area contributed by atoms with Gasteiger partial charge in [-0.25, -0.2) is 4.79 Å². The van der Waals surface area contributed by atoms with Crippen LogP contribution >= 0.6 is 0 Å². The van der Waals surface area contributed by atoms with Crippen molar-refractivity contribution in [1.82, 2.24) is 0 Å². The van der Waals surface area contributed by atoms with E-state index in [9.17, 15) is 4.79 Å². The Labute approximate surface area is 99.6 Å². The Balaban J connectivity index is 0.00000144. The van der Waals surface area contributed by atoms with Crippen molar-refractivity contribution in [3.63, 3.8) is 0 Å². The van der Waals surface area contributed by atoms with E-state index in [0.717, 1.165) is 5.56 Å². The summed E-state index contributed by atoms with van der Waals surface area (Å²) in [4.78, 5) is 10.4. The Bertz CT molecular complexity index is 304. The molecular formula is C10H11NaO2. The van der Waals surface area contributed by atoms with Crippen LogP contribution in [-0.4, -0.2) is 40.6 Å². The van der Waals surface area contributed by atoms with Gasteiger partial charge in [-0.1, -0.05) is 30.3 Å². The summed E-state index contributed by atoms with van der Waals surface area (Å²) in [6, 6.07) is 9.38. The second-order valence-corrected chi connectivity index (χ2v) is 2.54. The zero-order chi connectivity index (χ0) is 8.97. The number of aliphatic carboxylic acids is 1. The molecular weight excluding hydrogens is 175 g/mol. The van der Waals surface area contributed by atoms with E-state index < -0.39 is 5.97 Å². The minimum absolute atomic E-state index is 0. The van der Waals surface area contributed by atoms with Crippen LogP contribution in [0.5, 0.6) is 0 Å². The van der Waals surface area contributed by atoms with Gasteiger partial charge in [0.15, 0.2) is 0 Å². The molecule has 0 spiro atoms. The number of carboxylic acid groups (broad SMARTS) is 1. The molecule has 1 aromatic rings. The third-order valence-corrected chi connectivity index (χ3v) is 1.52. The molecule has 0 amide bonds. The normalized spacial score (nSPS) is 10.4. The second kappa shape index (κ2) is 5.97. The van der Waals surface area contributed by atoms with Gasteiger partial charge in [0.1, 0.15) is 0 Å². The monoisotopic (exact) mass is 186 g/mol. The maximum atomic E-state index is 10.4. The summed E-state index contributed by atoms with van der Waals surface area (Å²) in [5.74, 6) is -0.876. The molecule has 0 aliphatic carbocycles. The van der Waals surface area contributed by atoms with Crippen LogP contribution in [0, 0.1) is 0 Å². The molecule has 0 aliphatic heterocycles. The van der Waals surface area contributed by atoms with Crippen LogP contribution in [0.4, 0.5) is 0 Å². The Morgan fingerprint density at radius 1 is 1.31 bits per heavy atom. The van der Waals surface area contributed by atoms with Crippen LogP contribution < -0.4 is 0 Å². The molecule has 0 unspecified atom stereocenters. The molecule has 0 saturated carbocycles. The van der Waals surface area contributed by atoms with Crippen LogP contribution in [0.2, 0.25) is 0 Å². The van der Waals surface area contributed by atoms with Gasteiger partial charge in [-0.2, -0.15) is 0 Å². The molecule has 0 bridgehead atoms. The minimum atomic E-state index is -0.876. The van der Waals surface area contributed by atoms with E-state index >= 15 is 0 Å². The summed E-state index contributed by atoms with van der Waals surface area (Å²) in [5.41, 5.74) is 1.26. The van der Waals surface area contributed by atoms with Gasteiger partial charge in [0.05, 0.1) is 0 Å². The van der Waals surface area contributed by atoms with Crippen molar-refractivity contribution < 1.29 is 9.90 Å². The van der Waals surface area contributed by atoms with E-state index in [2.05, 4.69) is 0 Å². The molecule has 0 aromatic heterocycles. The fourth-order valence-electron chi connectivity index (χ4n) is 0.861. The molecule has 3 heteroatoms. The van der Waals surface area contributed by atoms with Crippen molar-refractivity contribution in [2.45, 2.75) is 6.92 Å². The molecule has 1 N–H and O–H groups in total. The number of hydrogen-bond acceptors (Lipinski definition) is 1. The zero-order valence-corrected chi connectivity index (χ0v) is 6.82. The quantitative estimate of drug-likeness (QED) is 0.561. The van der Waals surface area contributed by atoms with Crippen LogP contribution in [0.3, 0.4) is 0 Å². The predicted octanol–water partition coefficient (Wildman–Crippen LogP) is 1.53. The first kappa shape index (κ1) is 12.4. The summed E-state index contributed by atoms with van der Waals surface area (Å²) in [7, 11) is 0. The van der Waals surface area contributed by atoms with Gasteiger partial charge >= 0.3 is 35.5 Å². The van der Waals surface area contributed by atoms with E-state index in [4.69, 9.17) is 5.11 Å². The Kier molecular flexibility index (Phi) is 5.71.